The number of nitrogens with one attached hydrogen (secondary N) is 1. The van der Waals surface area contributed by atoms with Gasteiger partial charge < -0.3 is 20.4 Å². The first-order chi connectivity index (χ1) is 21.0. The first-order valence-electron chi connectivity index (χ1n) is 15.1. The largest absolute Gasteiger partial charge is 0.496 e. The number of hydrogen-bond donors (Lipinski definition) is 2. The molecule has 43 heavy (non-hydrogen) atoms. The summed E-state index contributed by atoms with van der Waals surface area (Å²) in [6.45, 7) is 5.20. The smallest absolute Gasteiger partial charge is 0.219 e. The molecule has 11 heteroatoms. The minimum Gasteiger partial charge on any atom is -0.496 e. The number of ether oxygens (including phenoxy) is 1. The summed E-state index contributed by atoms with van der Waals surface area (Å²) in [6, 6.07) is 14.9. The van der Waals surface area contributed by atoms with Gasteiger partial charge in [0.25, 0.3) is 0 Å². The predicted molar refractivity (Wildman–Crippen MR) is 166 cm³/mol. The molecular formula is C32H37N9O2. The second kappa shape index (κ2) is 11.3. The number of piperazine rings is 1. The van der Waals surface area contributed by atoms with Crippen molar-refractivity contribution in [2.24, 2.45) is 0 Å². The number of aromatic amines is 1. The molecule has 0 spiro atoms. The van der Waals surface area contributed by atoms with Gasteiger partial charge in [-0.3, -0.25) is 9.69 Å². The van der Waals surface area contributed by atoms with Crippen molar-refractivity contribution in [1.29, 1.82) is 0 Å². The molecular weight excluding hydrogens is 542 g/mol. The Hall–Kier alpha value is -4.51. The number of amides is 1. The summed E-state index contributed by atoms with van der Waals surface area (Å²) in [4.78, 5) is 33.5. The van der Waals surface area contributed by atoms with Crippen LogP contribution in [0.25, 0.3) is 33.3 Å². The molecule has 0 radical (unpaired) electrons. The topological polar surface area (TPSA) is 131 Å². The van der Waals surface area contributed by atoms with Gasteiger partial charge in [-0.25, -0.2) is 19.6 Å². The van der Waals surface area contributed by atoms with Crippen LogP contribution >= 0.6 is 0 Å². The molecule has 2 aromatic carbocycles. The van der Waals surface area contributed by atoms with E-state index in [1.54, 1.807) is 14.0 Å². The first-order valence-corrected chi connectivity index (χ1v) is 15.1. The van der Waals surface area contributed by atoms with Crippen molar-refractivity contribution < 1.29 is 9.53 Å². The number of H-pyrrole nitrogens is 1. The predicted octanol–water partition coefficient (Wildman–Crippen LogP) is 4.20. The molecule has 7 rings (SSSR count). The Labute approximate surface area is 250 Å². The highest BCUT2D eigenvalue weighted by atomic mass is 16.5. The Balaban J connectivity index is 1.14. The number of hydrogen-bond acceptors (Lipinski definition) is 8. The quantitative estimate of drug-likeness (QED) is 0.306. The van der Waals surface area contributed by atoms with Crippen molar-refractivity contribution in [3.05, 3.63) is 60.2 Å². The molecule has 11 nitrogen and oxygen atoms in total. The molecule has 5 aromatic rings. The lowest BCUT2D eigenvalue weighted by Gasteiger charge is -2.41. The molecule has 0 unspecified atom stereocenters. The third kappa shape index (κ3) is 5.18. The minimum absolute atomic E-state index is 0.172. The number of fused-ring (bicyclic) bond motifs is 2. The fraction of sp³-hybridized carbons (Fsp3) is 0.406. The van der Waals surface area contributed by atoms with E-state index in [0.717, 1.165) is 102 Å². The van der Waals surface area contributed by atoms with Crippen molar-refractivity contribution in [1.82, 2.24) is 39.5 Å². The molecule has 1 amide bonds. The van der Waals surface area contributed by atoms with E-state index in [9.17, 15) is 4.79 Å². The Morgan fingerprint density at radius 1 is 1.02 bits per heavy atom. The van der Waals surface area contributed by atoms with E-state index in [1.807, 2.05) is 35.2 Å². The number of nitrogen functional groups attached to an aromatic ring is 1. The number of rotatable bonds is 6. The maximum absolute atomic E-state index is 11.7. The molecule has 222 valence electrons. The van der Waals surface area contributed by atoms with E-state index in [4.69, 9.17) is 20.6 Å². The summed E-state index contributed by atoms with van der Waals surface area (Å²) in [5.74, 6) is 2.32. The molecule has 1 saturated carbocycles. The van der Waals surface area contributed by atoms with Gasteiger partial charge in [0.1, 0.15) is 29.4 Å². The maximum Gasteiger partial charge on any atom is 0.219 e. The van der Waals surface area contributed by atoms with E-state index in [1.165, 1.54) is 6.33 Å². The van der Waals surface area contributed by atoms with E-state index in [-0.39, 0.29) is 11.9 Å². The van der Waals surface area contributed by atoms with Crippen LogP contribution in [0.2, 0.25) is 0 Å². The fourth-order valence-electron chi connectivity index (χ4n) is 6.84. The fourth-order valence-corrected chi connectivity index (χ4v) is 6.84. The van der Waals surface area contributed by atoms with Gasteiger partial charge in [-0.15, -0.1) is 0 Å². The third-order valence-electron chi connectivity index (χ3n) is 9.16. The number of aromatic nitrogens is 6. The molecule has 0 bridgehead atoms. The van der Waals surface area contributed by atoms with Crippen LogP contribution in [-0.2, 0) is 11.2 Å². The molecule has 0 atom stereocenters. The number of anilines is 1. The highest BCUT2D eigenvalue weighted by Gasteiger charge is 2.31. The van der Waals surface area contributed by atoms with Gasteiger partial charge in [-0.05, 0) is 43.9 Å². The Kier molecular flexibility index (Phi) is 7.18. The number of imidazole rings is 1. The molecule has 3 N–H and O–H groups in total. The number of para-hydroxylation sites is 1. The normalized spacial score (nSPS) is 19.7. The molecule has 3 aromatic heterocycles. The van der Waals surface area contributed by atoms with Crippen LogP contribution in [0, 0.1) is 0 Å². The highest BCUT2D eigenvalue weighted by molar-refractivity contribution is 5.99. The van der Waals surface area contributed by atoms with Crippen LogP contribution in [0.4, 0.5) is 5.82 Å². The van der Waals surface area contributed by atoms with E-state index < -0.39 is 0 Å². The summed E-state index contributed by atoms with van der Waals surface area (Å²) < 4.78 is 7.61. The number of methoxy groups -OCH3 is 1. The lowest BCUT2D eigenvalue weighted by Crippen LogP contribution is -2.52. The lowest BCUT2D eigenvalue weighted by molar-refractivity contribution is -0.131. The molecule has 2 aliphatic rings. The van der Waals surface area contributed by atoms with Crippen LogP contribution in [-0.4, -0.2) is 84.8 Å². The molecule has 4 heterocycles. The summed E-state index contributed by atoms with van der Waals surface area (Å²) >= 11 is 0. The van der Waals surface area contributed by atoms with Crippen LogP contribution in [0.3, 0.4) is 0 Å². The summed E-state index contributed by atoms with van der Waals surface area (Å²) in [7, 11) is 1.69. The third-order valence-corrected chi connectivity index (χ3v) is 9.16. The molecule has 1 aliphatic heterocycles. The second-order valence-electron chi connectivity index (χ2n) is 11.7. The summed E-state index contributed by atoms with van der Waals surface area (Å²) in [5.41, 5.74) is 11.9. The number of carbonyl (C=O) groups excluding carboxylic acids is 1. The van der Waals surface area contributed by atoms with Crippen molar-refractivity contribution >= 4 is 33.8 Å². The highest BCUT2D eigenvalue weighted by Crippen LogP contribution is 2.37. The Morgan fingerprint density at radius 2 is 1.79 bits per heavy atom. The monoisotopic (exact) mass is 579 g/mol. The van der Waals surface area contributed by atoms with Crippen molar-refractivity contribution in [3.63, 3.8) is 0 Å². The number of carbonyl (C=O) groups is 1. The molecule has 1 aliphatic carbocycles. The zero-order valence-corrected chi connectivity index (χ0v) is 24.7. The van der Waals surface area contributed by atoms with E-state index in [2.05, 4.69) is 36.7 Å². The molecule has 2 fully saturated rings. The minimum atomic E-state index is 0.172. The van der Waals surface area contributed by atoms with Gasteiger partial charge in [-0.1, -0.05) is 24.3 Å². The number of nitrogens with two attached hydrogens (primary N) is 1. The lowest BCUT2D eigenvalue weighted by atomic mass is 9.90. The zero-order valence-electron chi connectivity index (χ0n) is 24.7. The first kappa shape index (κ1) is 27.3. The van der Waals surface area contributed by atoms with Crippen molar-refractivity contribution in [2.75, 3.05) is 39.0 Å². The standard InChI is InChI=1S/C32H37N9O2/c1-20(42)39-13-15-40(16-14-39)23-8-10-24(11-9-23)41-32-29(31(33)34-19-35-32)30(38-41)22-7-12-25-26(17-22)37-28(36-25)18-21-5-3-4-6-27(21)43-2/h3-7,12,17,19,23-24H,8-11,13-16,18H2,1-2H3,(H,36,37)(H2,33,34,35). The van der Waals surface area contributed by atoms with Crippen molar-refractivity contribution in [2.45, 2.75) is 51.1 Å². The van der Waals surface area contributed by atoms with E-state index in [0.29, 0.717) is 18.3 Å². The van der Waals surface area contributed by atoms with Crippen LogP contribution in [0.1, 0.15) is 50.0 Å². The maximum atomic E-state index is 11.7. The SMILES string of the molecule is COc1ccccc1Cc1nc2ccc(-c3nn(C4CCC(N5CCN(C(C)=O)CC5)CC4)c4ncnc(N)c34)cc2[nH]1. The summed E-state index contributed by atoms with van der Waals surface area (Å²) in [6.07, 6.45) is 6.39. The van der Waals surface area contributed by atoms with E-state index >= 15 is 0 Å². The number of benzene rings is 2. The molecule has 1 saturated heterocycles. The number of nitrogens with zero attached hydrogens (tertiary/aromatic N) is 7. The van der Waals surface area contributed by atoms with Crippen LogP contribution in [0.15, 0.2) is 48.8 Å². The average Bonchev–Trinajstić information content (AvgIpc) is 3.63. The van der Waals surface area contributed by atoms with Gasteiger partial charge >= 0.3 is 0 Å². The van der Waals surface area contributed by atoms with Gasteiger partial charge in [0.2, 0.25) is 5.91 Å². The Bertz CT molecular complexity index is 1780. The van der Waals surface area contributed by atoms with Crippen LogP contribution < -0.4 is 10.5 Å². The van der Waals surface area contributed by atoms with Crippen LogP contribution in [0.5, 0.6) is 5.75 Å². The van der Waals surface area contributed by atoms with Gasteiger partial charge in [0, 0.05) is 56.7 Å². The Morgan fingerprint density at radius 3 is 2.56 bits per heavy atom. The summed E-state index contributed by atoms with van der Waals surface area (Å²) in [5, 5.41) is 5.93. The second-order valence-corrected chi connectivity index (χ2v) is 11.7. The average molecular weight is 580 g/mol. The van der Waals surface area contributed by atoms with Gasteiger partial charge in [0.15, 0.2) is 5.65 Å². The van der Waals surface area contributed by atoms with Crippen molar-refractivity contribution in [3.8, 4) is 17.0 Å². The zero-order chi connectivity index (χ0) is 29.5. The van der Waals surface area contributed by atoms with Gasteiger partial charge in [0.05, 0.1) is 29.6 Å². The van der Waals surface area contributed by atoms with Gasteiger partial charge in [-0.2, -0.15) is 5.10 Å².